The van der Waals surface area contributed by atoms with E-state index in [1.165, 1.54) is 19.1 Å². The first-order valence-electron chi connectivity index (χ1n) is 6.81. The van der Waals surface area contributed by atoms with Crippen LogP contribution in [0.5, 0.6) is 0 Å². The predicted molar refractivity (Wildman–Crippen MR) is 75.1 cm³/mol. The quantitative estimate of drug-likeness (QED) is 0.659. The molecule has 0 amide bonds. The van der Waals surface area contributed by atoms with E-state index in [4.69, 9.17) is 0 Å². The second-order valence-electron chi connectivity index (χ2n) is 5.10. The molecule has 0 rings (SSSR count). The second-order valence-corrected chi connectivity index (χ2v) is 7.36. The lowest BCUT2D eigenvalue weighted by molar-refractivity contribution is 0.335. The lowest BCUT2D eigenvalue weighted by Crippen LogP contribution is -2.35. The molecule has 2 unspecified atom stereocenters. The Hall–Kier alpha value is -0.0900. The molecule has 0 aromatic heterocycles. The molecule has 17 heavy (non-hydrogen) atoms. The average Bonchev–Trinajstić information content (AvgIpc) is 2.21. The number of nitrogens with one attached hydrogen (secondary N) is 1. The Morgan fingerprint density at radius 3 is 2.24 bits per heavy atom. The molecular weight excluding hydrogens is 234 g/mol. The number of sulfone groups is 1. The Balaban J connectivity index is 4.09. The minimum Gasteiger partial charge on any atom is -0.314 e. The molecule has 0 saturated carbocycles. The zero-order chi connectivity index (χ0) is 13.3. The van der Waals surface area contributed by atoms with Crippen LogP contribution >= 0.6 is 0 Å². The molecule has 1 N–H and O–H groups in total. The Kier molecular flexibility index (Phi) is 8.88. The molecule has 0 aliphatic rings. The van der Waals surface area contributed by atoms with E-state index in [0.717, 1.165) is 25.8 Å². The van der Waals surface area contributed by atoms with Crippen molar-refractivity contribution in [2.45, 2.75) is 58.9 Å². The van der Waals surface area contributed by atoms with E-state index in [-0.39, 0.29) is 0 Å². The molecule has 3 nitrogen and oxygen atoms in total. The lowest BCUT2D eigenvalue weighted by Gasteiger charge is -2.25. The zero-order valence-electron chi connectivity index (χ0n) is 11.8. The van der Waals surface area contributed by atoms with E-state index in [1.807, 2.05) is 0 Å². The predicted octanol–water partition coefficient (Wildman–Crippen LogP) is 2.62. The van der Waals surface area contributed by atoms with Crippen molar-refractivity contribution < 1.29 is 8.42 Å². The average molecular weight is 263 g/mol. The van der Waals surface area contributed by atoms with Gasteiger partial charge in [-0.1, -0.05) is 27.2 Å². The molecule has 104 valence electrons. The summed E-state index contributed by atoms with van der Waals surface area (Å²) in [6.45, 7) is 7.64. The van der Waals surface area contributed by atoms with Crippen LogP contribution in [0, 0.1) is 5.92 Å². The SMILES string of the molecule is CCCNC(CCCS(C)(=O)=O)C(C)CCC. The summed E-state index contributed by atoms with van der Waals surface area (Å²) in [4.78, 5) is 0. The summed E-state index contributed by atoms with van der Waals surface area (Å²) >= 11 is 0. The van der Waals surface area contributed by atoms with E-state index in [2.05, 4.69) is 26.1 Å². The monoisotopic (exact) mass is 263 g/mol. The Labute approximate surface area is 107 Å². The first kappa shape index (κ1) is 16.9. The van der Waals surface area contributed by atoms with Crippen molar-refractivity contribution in [1.82, 2.24) is 5.32 Å². The van der Waals surface area contributed by atoms with Crippen molar-refractivity contribution in [1.29, 1.82) is 0 Å². The summed E-state index contributed by atoms with van der Waals surface area (Å²) < 4.78 is 22.2. The summed E-state index contributed by atoms with van der Waals surface area (Å²) in [6.07, 6.45) is 6.58. The van der Waals surface area contributed by atoms with Crippen molar-refractivity contribution in [3.63, 3.8) is 0 Å². The Bertz CT molecular complexity index is 275. The summed E-state index contributed by atoms with van der Waals surface area (Å²) in [5.74, 6) is 0.946. The van der Waals surface area contributed by atoms with Crippen LogP contribution in [0.3, 0.4) is 0 Å². The van der Waals surface area contributed by atoms with Crippen molar-refractivity contribution in [2.75, 3.05) is 18.6 Å². The van der Waals surface area contributed by atoms with Crippen LogP contribution in [0.4, 0.5) is 0 Å². The fourth-order valence-corrected chi connectivity index (χ4v) is 2.83. The molecule has 0 aliphatic carbocycles. The molecule has 0 aromatic rings. The molecule has 0 spiro atoms. The molecular formula is C13H29NO2S. The van der Waals surface area contributed by atoms with Gasteiger partial charge in [0.1, 0.15) is 9.84 Å². The maximum absolute atomic E-state index is 11.1. The van der Waals surface area contributed by atoms with Gasteiger partial charge in [-0.05, 0) is 38.1 Å². The van der Waals surface area contributed by atoms with E-state index in [0.29, 0.717) is 17.7 Å². The third kappa shape index (κ3) is 9.60. The molecule has 4 heteroatoms. The molecule has 0 radical (unpaired) electrons. The minimum absolute atomic E-state index is 0.316. The largest absolute Gasteiger partial charge is 0.314 e. The van der Waals surface area contributed by atoms with Crippen LogP contribution in [-0.2, 0) is 9.84 Å². The highest BCUT2D eigenvalue weighted by atomic mass is 32.2. The van der Waals surface area contributed by atoms with Crippen LogP contribution in [-0.4, -0.2) is 33.0 Å². The van der Waals surface area contributed by atoms with Gasteiger partial charge >= 0.3 is 0 Å². The van der Waals surface area contributed by atoms with Gasteiger partial charge in [0, 0.05) is 18.1 Å². The van der Waals surface area contributed by atoms with Gasteiger partial charge in [0.2, 0.25) is 0 Å². The summed E-state index contributed by atoms with van der Waals surface area (Å²) in [6, 6.07) is 0.469. The Morgan fingerprint density at radius 2 is 1.76 bits per heavy atom. The van der Waals surface area contributed by atoms with Crippen LogP contribution in [0.2, 0.25) is 0 Å². The van der Waals surface area contributed by atoms with Gasteiger partial charge in [-0.2, -0.15) is 0 Å². The smallest absolute Gasteiger partial charge is 0.147 e. The van der Waals surface area contributed by atoms with Crippen LogP contribution in [0.1, 0.15) is 52.9 Å². The third-order valence-electron chi connectivity index (χ3n) is 3.12. The molecule has 0 bridgehead atoms. The molecule has 0 saturated heterocycles. The van der Waals surface area contributed by atoms with Crippen molar-refractivity contribution in [3.8, 4) is 0 Å². The summed E-state index contributed by atoms with van der Waals surface area (Å²) in [7, 11) is -2.81. The standard InChI is InChI=1S/C13H29NO2S/c1-5-8-12(3)13(14-10-6-2)9-7-11-17(4,15)16/h12-14H,5-11H2,1-4H3. The van der Waals surface area contributed by atoms with Crippen molar-refractivity contribution in [3.05, 3.63) is 0 Å². The fraction of sp³-hybridized carbons (Fsp3) is 1.00. The molecule has 0 aromatic carbocycles. The van der Waals surface area contributed by atoms with Crippen LogP contribution in [0.25, 0.3) is 0 Å². The molecule has 0 heterocycles. The topological polar surface area (TPSA) is 46.2 Å². The number of hydrogen-bond acceptors (Lipinski definition) is 3. The van der Waals surface area contributed by atoms with Crippen LogP contribution in [0.15, 0.2) is 0 Å². The molecule has 0 fully saturated rings. The highest BCUT2D eigenvalue weighted by Gasteiger charge is 2.16. The maximum Gasteiger partial charge on any atom is 0.147 e. The van der Waals surface area contributed by atoms with Gasteiger partial charge in [-0.15, -0.1) is 0 Å². The minimum atomic E-state index is -2.81. The van der Waals surface area contributed by atoms with Crippen LogP contribution < -0.4 is 5.32 Å². The first-order valence-corrected chi connectivity index (χ1v) is 8.87. The van der Waals surface area contributed by atoms with Gasteiger partial charge in [0.15, 0.2) is 0 Å². The fourth-order valence-electron chi connectivity index (χ4n) is 2.14. The summed E-state index contributed by atoms with van der Waals surface area (Å²) in [5.41, 5.74) is 0. The zero-order valence-corrected chi connectivity index (χ0v) is 12.6. The van der Waals surface area contributed by atoms with E-state index >= 15 is 0 Å². The van der Waals surface area contributed by atoms with E-state index in [9.17, 15) is 8.42 Å². The Morgan fingerprint density at radius 1 is 1.12 bits per heavy atom. The highest BCUT2D eigenvalue weighted by Crippen LogP contribution is 2.15. The molecule has 0 aliphatic heterocycles. The van der Waals surface area contributed by atoms with Gasteiger partial charge < -0.3 is 5.32 Å². The summed E-state index contributed by atoms with van der Waals surface area (Å²) in [5, 5.41) is 3.55. The second kappa shape index (κ2) is 8.92. The highest BCUT2D eigenvalue weighted by molar-refractivity contribution is 7.90. The van der Waals surface area contributed by atoms with Crippen molar-refractivity contribution in [2.24, 2.45) is 5.92 Å². The number of hydrogen-bond donors (Lipinski definition) is 1. The van der Waals surface area contributed by atoms with Gasteiger partial charge in [0.25, 0.3) is 0 Å². The van der Waals surface area contributed by atoms with Crippen molar-refractivity contribution >= 4 is 9.84 Å². The van der Waals surface area contributed by atoms with E-state index < -0.39 is 9.84 Å². The third-order valence-corrected chi connectivity index (χ3v) is 4.15. The first-order chi connectivity index (χ1) is 7.90. The van der Waals surface area contributed by atoms with E-state index in [1.54, 1.807) is 0 Å². The lowest BCUT2D eigenvalue weighted by atomic mass is 9.93. The van der Waals surface area contributed by atoms with Gasteiger partial charge in [0.05, 0.1) is 0 Å². The number of rotatable bonds is 10. The van der Waals surface area contributed by atoms with Gasteiger partial charge in [-0.25, -0.2) is 8.42 Å². The maximum atomic E-state index is 11.1. The molecule has 2 atom stereocenters. The van der Waals surface area contributed by atoms with Gasteiger partial charge in [-0.3, -0.25) is 0 Å². The normalized spacial score (nSPS) is 15.8.